The van der Waals surface area contributed by atoms with E-state index in [1.807, 2.05) is 52.3 Å². The molecule has 1 atom stereocenters. The number of rotatable bonds is 6. The van der Waals surface area contributed by atoms with E-state index in [0.717, 1.165) is 28.3 Å². The number of fused-ring (bicyclic) bond motifs is 1. The lowest BCUT2D eigenvalue weighted by Crippen LogP contribution is -2.52. The highest BCUT2D eigenvalue weighted by atomic mass is 19.1. The fourth-order valence-corrected chi connectivity index (χ4v) is 6.79. The minimum Gasteiger partial charge on any atom is -0.493 e. The van der Waals surface area contributed by atoms with Gasteiger partial charge in [0.05, 0.1) is 38.2 Å². The van der Waals surface area contributed by atoms with Crippen LogP contribution in [-0.4, -0.2) is 63.5 Å². The Labute approximate surface area is 258 Å². The van der Waals surface area contributed by atoms with E-state index in [4.69, 9.17) is 9.47 Å². The Bertz CT molecular complexity index is 1590. The summed E-state index contributed by atoms with van der Waals surface area (Å²) >= 11 is 0. The van der Waals surface area contributed by atoms with E-state index in [9.17, 15) is 14.0 Å². The van der Waals surface area contributed by atoms with Crippen LogP contribution in [0.1, 0.15) is 38.3 Å². The molecule has 3 aromatic carbocycles. The fraction of sp³-hybridized carbons (Fsp3) is 0.371. The average Bonchev–Trinajstić information content (AvgIpc) is 3.14. The average molecular weight is 599 g/mol. The van der Waals surface area contributed by atoms with Gasteiger partial charge >= 0.3 is 0 Å². The second-order valence-corrected chi connectivity index (χ2v) is 12.4. The monoisotopic (exact) mass is 598 g/mol. The maximum absolute atomic E-state index is 14.1. The van der Waals surface area contributed by atoms with Crippen molar-refractivity contribution in [1.82, 2.24) is 4.90 Å². The Morgan fingerprint density at radius 1 is 0.932 bits per heavy atom. The zero-order chi connectivity index (χ0) is 31.0. The number of hydrogen-bond acceptors (Lipinski definition) is 7. The van der Waals surface area contributed by atoms with Crippen LogP contribution in [0.5, 0.6) is 11.5 Å². The van der Waals surface area contributed by atoms with Gasteiger partial charge < -0.3 is 29.5 Å². The predicted octanol–water partition coefficient (Wildman–Crippen LogP) is 5.81. The molecule has 0 aromatic heterocycles. The molecule has 44 heavy (non-hydrogen) atoms. The maximum Gasteiger partial charge on any atom is 0.242 e. The fourth-order valence-electron chi connectivity index (χ4n) is 6.79. The molecule has 0 spiro atoms. The number of hydrogen-bond donors (Lipinski definition) is 1. The van der Waals surface area contributed by atoms with Crippen LogP contribution in [0.3, 0.4) is 0 Å². The van der Waals surface area contributed by atoms with Crippen LogP contribution in [0, 0.1) is 11.2 Å². The van der Waals surface area contributed by atoms with Crippen molar-refractivity contribution in [2.75, 3.05) is 62.1 Å². The number of ether oxygens (including phenoxy) is 2. The van der Waals surface area contributed by atoms with Crippen LogP contribution in [0.4, 0.5) is 21.5 Å². The second kappa shape index (κ2) is 11.9. The van der Waals surface area contributed by atoms with E-state index >= 15 is 0 Å². The molecule has 6 rings (SSSR count). The van der Waals surface area contributed by atoms with Gasteiger partial charge in [-0.3, -0.25) is 9.59 Å². The number of carbonyl (C=O) groups excluding carboxylic acids is 2. The SMILES string of the molecule is COc1cccc(C2C3=C(CC(C)(C)CC3=O)Nc3ccccc3N2CC(=O)N2CCN(c3ccc(F)cc3)CC2)c1OC. The molecular weight excluding hydrogens is 559 g/mol. The van der Waals surface area contributed by atoms with Crippen molar-refractivity contribution in [3.8, 4) is 11.5 Å². The summed E-state index contributed by atoms with van der Waals surface area (Å²) in [5.74, 6) is 0.851. The quantitative estimate of drug-likeness (QED) is 0.384. The molecule has 1 amide bonds. The third-order valence-electron chi connectivity index (χ3n) is 8.86. The lowest BCUT2D eigenvalue weighted by molar-refractivity contribution is -0.130. The summed E-state index contributed by atoms with van der Waals surface area (Å²) in [6, 6.07) is 19.5. The van der Waals surface area contributed by atoms with E-state index in [-0.39, 0.29) is 29.5 Å². The summed E-state index contributed by atoms with van der Waals surface area (Å²) in [5, 5.41) is 3.61. The lowest BCUT2D eigenvalue weighted by atomic mass is 9.73. The molecule has 0 bridgehead atoms. The Kier molecular flexibility index (Phi) is 7.97. The van der Waals surface area contributed by atoms with E-state index in [2.05, 4.69) is 24.1 Å². The first-order valence-corrected chi connectivity index (χ1v) is 15.1. The molecule has 1 unspecified atom stereocenters. The molecule has 1 fully saturated rings. The zero-order valence-corrected chi connectivity index (χ0v) is 25.7. The summed E-state index contributed by atoms with van der Waals surface area (Å²) in [4.78, 5) is 34.3. The van der Waals surface area contributed by atoms with Gasteiger partial charge in [0, 0.05) is 55.1 Å². The minimum atomic E-state index is -0.584. The molecule has 2 heterocycles. The number of nitrogens with one attached hydrogen (secondary N) is 1. The van der Waals surface area contributed by atoms with Gasteiger partial charge in [-0.1, -0.05) is 38.1 Å². The van der Waals surface area contributed by atoms with Crippen molar-refractivity contribution >= 4 is 28.8 Å². The Morgan fingerprint density at radius 2 is 1.66 bits per heavy atom. The van der Waals surface area contributed by atoms with Gasteiger partial charge in [-0.15, -0.1) is 0 Å². The van der Waals surface area contributed by atoms with Crippen molar-refractivity contribution in [3.05, 3.63) is 89.4 Å². The minimum absolute atomic E-state index is 0.0296. The number of Topliss-reactive ketones (excluding diaryl/α,β-unsaturated/α-hetero) is 1. The Hall–Kier alpha value is -4.53. The molecule has 2 aliphatic heterocycles. The number of allylic oxidation sites excluding steroid dienone is 1. The van der Waals surface area contributed by atoms with Gasteiger partial charge in [0.1, 0.15) is 5.82 Å². The van der Waals surface area contributed by atoms with E-state index in [0.29, 0.717) is 56.1 Å². The van der Waals surface area contributed by atoms with Crippen LogP contribution >= 0.6 is 0 Å². The Balaban J connectivity index is 1.39. The highest BCUT2D eigenvalue weighted by Gasteiger charge is 2.43. The molecule has 0 radical (unpaired) electrons. The van der Waals surface area contributed by atoms with Gasteiger partial charge in [0.25, 0.3) is 0 Å². The molecular formula is C35H39FN4O4. The molecule has 1 aliphatic carbocycles. The van der Waals surface area contributed by atoms with Crippen molar-refractivity contribution in [2.24, 2.45) is 5.41 Å². The third kappa shape index (κ3) is 5.58. The molecule has 9 heteroatoms. The summed E-state index contributed by atoms with van der Waals surface area (Å²) in [7, 11) is 3.19. The van der Waals surface area contributed by atoms with E-state index in [1.54, 1.807) is 26.4 Å². The van der Waals surface area contributed by atoms with Gasteiger partial charge in [-0.25, -0.2) is 4.39 Å². The molecule has 230 valence electrons. The summed E-state index contributed by atoms with van der Waals surface area (Å²) < 4.78 is 25.0. The molecule has 8 nitrogen and oxygen atoms in total. The van der Waals surface area contributed by atoms with Crippen molar-refractivity contribution in [2.45, 2.75) is 32.7 Å². The Morgan fingerprint density at radius 3 is 2.36 bits per heavy atom. The second-order valence-electron chi connectivity index (χ2n) is 12.4. The smallest absolute Gasteiger partial charge is 0.242 e. The standard InChI is InChI=1S/C35H39FN4O4/c1-35(2)20-27-32(29(41)21-35)33(25-8-7-11-30(43-3)34(25)44-4)40(28-10-6-5-9-26(28)37-27)22-31(42)39-18-16-38(17-19-39)24-14-12-23(36)13-15-24/h5-15,33,37H,16-22H2,1-4H3. The number of benzene rings is 3. The first-order chi connectivity index (χ1) is 21.2. The van der Waals surface area contributed by atoms with Crippen molar-refractivity contribution in [1.29, 1.82) is 0 Å². The van der Waals surface area contributed by atoms with Crippen molar-refractivity contribution < 1.29 is 23.5 Å². The lowest BCUT2D eigenvalue weighted by Gasteiger charge is -2.40. The molecule has 3 aromatic rings. The number of anilines is 3. The van der Waals surface area contributed by atoms with Crippen LogP contribution in [0.2, 0.25) is 0 Å². The molecule has 1 saturated heterocycles. The highest BCUT2D eigenvalue weighted by molar-refractivity contribution is 6.02. The first kappa shape index (κ1) is 29.5. The number of amides is 1. The van der Waals surface area contributed by atoms with Crippen LogP contribution in [0.25, 0.3) is 0 Å². The van der Waals surface area contributed by atoms with Gasteiger partial charge in [0.2, 0.25) is 5.91 Å². The van der Waals surface area contributed by atoms with Crippen LogP contribution < -0.4 is 24.6 Å². The topological polar surface area (TPSA) is 74.4 Å². The largest absolute Gasteiger partial charge is 0.493 e. The normalized spacial score (nSPS) is 19.5. The zero-order valence-electron chi connectivity index (χ0n) is 25.7. The van der Waals surface area contributed by atoms with E-state index < -0.39 is 6.04 Å². The van der Waals surface area contributed by atoms with Gasteiger partial charge in [0.15, 0.2) is 17.3 Å². The number of para-hydroxylation sites is 3. The highest BCUT2D eigenvalue weighted by Crippen LogP contribution is 2.50. The number of nitrogens with zero attached hydrogens (tertiary/aromatic N) is 3. The first-order valence-electron chi connectivity index (χ1n) is 15.1. The summed E-state index contributed by atoms with van der Waals surface area (Å²) in [6.45, 7) is 6.66. The van der Waals surface area contributed by atoms with Crippen LogP contribution in [0.15, 0.2) is 78.0 Å². The number of halogens is 1. The number of ketones is 1. The molecule has 1 N–H and O–H groups in total. The molecule has 0 saturated carbocycles. The maximum atomic E-state index is 14.1. The van der Waals surface area contributed by atoms with E-state index in [1.165, 1.54) is 12.1 Å². The van der Waals surface area contributed by atoms with Crippen molar-refractivity contribution in [3.63, 3.8) is 0 Å². The van der Waals surface area contributed by atoms with Crippen LogP contribution in [-0.2, 0) is 9.59 Å². The predicted molar refractivity (Wildman–Crippen MR) is 170 cm³/mol. The third-order valence-corrected chi connectivity index (χ3v) is 8.86. The summed E-state index contributed by atoms with van der Waals surface area (Å²) in [5.41, 5.74) is 4.70. The van der Waals surface area contributed by atoms with Gasteiger partial charge in [-0.2, -0.15) is 0 Å². The molecule has 3 aliphatic rings. The number of carbonyl (C=O) groups is 2. The number of piperazine rings is 1. The number of methoxy groups -OCH3 is 2. The summed E-state index contributed by atoms with van der Waals surface area (Å²) in [6.07, 6.45) is 1.10. The van der Waals surface area contributed by atoms with Gasteiger partial charge in [-0.05, 0) is 54.3 Å².